The van der Waals surface area contributed by atoms with Crippen molar-refractivity contribution in [3.63, 3.8) is 0 Å². The molecule has 0 radical (unpaired) electrons. The molecule has 0 aliphatic carbocycles. The van der Waals surface area contributed by atoms with Crippen molar-refractivity contribution in [3.8, 4) is 5.75 Å². The van der Waals surface area contributed by atoms with E-state index in [1.807, 2.05) is 0 Å². The summed E-state index contributed by atoms with van der Waals surface area (Å²) in [6, 6.07) is 12.6. The van der Waals surface area contributed by atoms with Gasteiger partial charge >= 0.3 is 0 Å². The molecule has 3 aromatic carbocycles. The van der Waals surface area contributed by atoms with Crippen LogP contribution in [-0.4, -0.2) is 24.0 Å². The molecule has 7 nitrogen and oxygen atoms in total. The van der Waals surface area contributed by atoms with Crippen LogP contribution in [-0.2, 0) is 10.1 Å². The highest BCUT2D eigenvalue weighted by Crippen LogP contribution is 2.38. The van der Waals surface area contributed by atoms with Gasteiger partial charge in [0.2, 0.25) is 0 Å². The van der Waals surface area contributed by atoms with E-state index < -0.39 is 26.7 Å². The summed E-state index contributed by atoms with van der Waals surface area (Å²) in [4.78, 5) is 11.9. The first-order chi connectivity index (χ1) is 12.2. The van der Waals surface area contributed by atoms with E-state index >= 15 is 0 Å². The van der Waals surface area contributed by atoms with Crippen LogP contribution < -0.4 is 11.1 Å². The van der Waals surface area contributed by atoms with Crippen molar-refractivity contribution >= 4 is 38.2 Å². The normalized spacial score (nSPS) is 11.5. The Bertz CT molecular complexity index is 1140. The first-order valence-corrected chi connectivity index (χ1v) is 9.02. The second-order valence-corrected chi connectivity index (χ2v) is 7.23. The van der Waals surface area contributed by atoms with E-state index in [-0.39, 0.29) is 16.9 Å². The van der Waals surface area contributed by atoms with Crippen LogP contribution in [0.5, 0.6) is 5.75 Å². The summed E-state index contributed by atoms with van der Waals surface area (Å²) < 4.78 is 32.5. The van der Waals surface area contributed by atoms with Crippen molar-refractivity contribution < 1.29 is 22.9 Å². The molecular weight excluding hydrogens is 356 g/mol. The third-order valence-electron chi connectivity index (χ3n) is 3.96. The molecule has 3 aromatic rings. The largest absolute Gasteiger partial charge is 0.504 e. The fourth-order valence-corrected chi connectivity index (χ4v) is 3.30. The zero-order chi connectivity index (χ0) is 19.1. The molecule has 0 saturated heterocycles. The van der Waals surface area contributed by atoms with Crippen LogP contribution in [0.1, 0.15) is 15.9 Å². The Kier molecular flexibility index (Phi) is 4.31. The van der Waals surface area contributed by atoms with Gasteiger partial charge in [0.25, 0.3) is 16.0 Å². The minimum Gasteiger partial charge on any atom is -0.504 e. The Labute approximate surface area is 149 Å². The van der Waals surface area contributed by atoms with Gasteiger partial charge in [-0.1, -0.05) is 35.9 Å². The van der Waals surface area contributed by atoms with Gasteiger partial charge in [-0.15, -0.1) is 0 Å². The number of benzene rings is 3. The molecule has 5 N–H and O–H groups in total. The molecule has 134 valence electrons. The Hall–Kier alpha value is -3.10. The van der Waals surface area contributed by atoms with Crippen LogP contribution in [0.2, 0.25) is 0 Å². The summed E-state index contributed by atoms with van der Waals surface area (Å²) in [7, 11) is -4.69. The Balaban J connectivity index is 2.19. The number of nitrogen functional groups attached to an aromatic ring is 1. The zero-order valence-corrected chi connectivity index (χ0v) is 14.5. The number of carbonyl (C=O) groups is 1. The summed E-state index contributed by atoms with van der Waals surface area (Å²) in [6.45, 7) is 1.79. The molecule has 0 atom stereocenters. The van der Waals surface area contributed by atoms with E-state index in [0.717, 1.165) is 11.6 Å². The molecule has 3 rings (SSSR count). The van der Waals surface area contributed by atoms with E-state index in [1.54, 1.807) is 49.4 Å². The van der Waals surface area contributed by atoms with Gasteiger partial charge in [-0.25, -0.2) is 0 Å². The topological polar surface area (TPSA) is 130 Å². The molecule has 0 saturated carbocycles. The smallest absolute Gasteiger partial charge is 0.298 e. The number of phenols is 1. The highest BCUT2D eigenvalue weighted by Gasteiger charge is 2.23. The molecule has 0 aliphatic heterocycles. The van der Waals surface area contributed by atoms with Gasteiger partial charge in [-0.3, -0.25) is 9.35 Å². The van der Waals surface area contributed by atoms with E-state index in [1.165, 1.54) is 0 Å². The van der Waals surface area contributed by atoms with Gasteiger partial charge < -0.3 is 16.2 Å². The van der Waals surface area contributed by atoms with Gasteiger partial charge in [0, 0.05) is 11.1 Å². The summed E-state index contributed by atoms with van der Waals surface area (Å²) in [5.41, 5.74) is 6.95. The molecule has 26 heavy (non-hydrogen) atoms. The van der Waals surface area contributed by atoms with Gasteiger partial charge in [0.1, 0.15) is 4.90 Å². The number of nitrogens with one attached hydrogen (secondary N) is 1. The number of aryl methyl sites for hydroxylation is 1. The number of fused-ring (bicyclic) bond motifs is 1. The minimum atomic E-state index is -4.69. The van der Waals surface area contributed by atoms with Crippen molar-refractivity contribution in [1.82, 2.24) is 0 Å². The predicted molar refractivity (Wildman–Crippen MR) is 99.0 cm³/mol. The number of anilines is 2. The predicted octanol–water partition coefficient (Wildman–Crippen LogP) is 2.94. The second-order valence-electron chi connectivity index (χ2n) is 5.84. The molecule has 0 spiro atoms. The SMILES string of the molecule is Cc1ccc(N)c(C(=O)Nc2c(O)c(S(=O)(=O)O)cc3ccccc23)c1. The highest BCUT2D eigenvalue weighted by atomic mass is 32.2. The highest BCUT2D eigenvalue weighted by molar-refractivity contribution is 7.86. The Morgan fingerprint density at radius 1 is 1.12 bits per heavy atom. The molecule has 1 amide bonds. The molecule has 0 aliphatic rings. The monoisotopic (exact) mass is 372 g/mol. The van der Waals surface area contributed by atoms with E-state index in [9.17, 15) is 22.9 Å². The summed E-state index contributed by atoms with van der Waals surface area (Å²) in [5, 5.41) is 13.7. The van der Waals surface area contributed by atoms with Crippen LogP contribution in [0.15, 0.2) is 53.4 Å². The number of phenolic OH excluding ortho intramolecular Hbond substituents is 1. The number of aromatic hydroxyl groups is 1. The van der Waals surface area contributed by atoms with Crippen LogP contribution in [0, 0.1) is 6.92 Å². The van der Waals surface area contributed by atoms with Crippen molar-refractivity contribution in [2.45, 2.75) is 11.8 Å². The van der Waals surface area contributed by atoms with Crippen LogP contribution in [0.25, 0.3) is 10.8 Å². The fourth-order valence-electron chi connectivity index (χ4n) is 2.68. The Morgan fingerprint density at radius 2 is 1.81 bits per heavy atom. The zero-order valence-electron chi connectivity index (χ0n) is 13.7. The van der Waals surface area contributed by atoms with Gasteiger partial charge in [-0.2, -0.15) is 8.42 Å². The van der Waals surface area contributed by atoms with Gasteiger partial charge in [0.15, 0.2) is 5.75 Å². The number of carbonyl (C=O) groups excluding carboxylic acids is 1. The summed E-state index contributed by atoms with van der Waals surface area (Å²) >= 11 is 0. The van der Waals surface area contributed by atoms with E-state index in [2.05, 4.69) is 5.32 Å². The van der Waals surface area contributed by atoms with Crippen LogP contribution in [0.3, 0.4) is 0 Å². The fraction of sp³-hybridized carbons (Fsp3) is 0.0556. The lowest BCUT2D eigenvalue weighted by Crippen LogP contribution is -2.15. The molecule has 0 aromatic heterocycles. The third-order valence-corrected chi connectivity index (χ3v) is 4.82. The maximum atomic E-state index is 12.6. The summed E-state index contributed by atoms with van der Waals surface area (Å²) in [6.07, 6.45) is 0. The first kappa shape index (κ1) is 17.7. The van der Waals surface area contributed by atoms with Crippen molar-refractivity contribution in [1.29, 1.82) is 0 Å². The van der Waals surface area contributed by atoms with Crippen LogP contribution in [0.4, 0.5) is 11.4 Å². The molecule has 0 unspecified atom stereocenters. The standard InChI is InChI=1S/C18H16N2O5S/c1-10-6-7-14(19)13(8-10)18(22)20-16-12-5-3-2-4-11(12)9-15(17(16)21)26(23,24)25/h2-9,21H,19H2,1H3,(H,20,22)(H,23,24,25). The maximum Gasteiger partial charge on any atom is 0.298 e. The quantitative estimate of drug-likeness (QED) is 0.318. The number of amides is 1. The number of rotatable bonds is 3. The number of hydrogen-bond donors (Lipinski definition) is 4. The number of nitrogens with two attached hydrogens (primary N) is 1. The lowest BCUT2D eigenvalue weighted by molar-refractivity contribution is 0.102. The molecular formula is C18H16N2O5S. The minimum absolute atomic E-state index is 0.123. The molecule has 0 fully saturated rings. The molecule has 0 heterocycles. The van der Waals surface area contributed by atoms with Gasteiger partial charge in [0.05, 0.1) is 11.3 Å². The Morgan fingerprint density at radius 3 is 2.50 bits per heavy atom. The lowest BCUT2D eigenvalue weighted by Gasteiger charge is -2.14. The second kappa shape index (κ2) is 6.32. The molecule has 0 bridgehead atoms. The van der Waals surface area contributed by atoms with Crippen molar-refractivity contribution in [3.05, 3.63) is 59.7 Å². The van der Waals surface area contributed by atoms with E-state index in [0.29, 0.717) is 10.8 Å². The average molecular weight is 372 g/mol. The third kappa shape index (κ3) is 3.19. The lowest BCUT2D eigenvalue weighted by atomic mass is 10.1. The maximum absolute atomic E-state index is 12.6. The van der Waals surface area contributed by atoms with Gasteiger partial charge in [-0.05, 0) is 30.5 Å². The average Bonchev–Trinajstić information content (AvgIpc) is 2.58. The number of hydrogen-bond acceptors (Lipinski definition) is 5. The molecule has 8 heteroatoms. The van der Waals surface area contributed by atoms with Crippen molar-refractivity contribution in [2.24, 2.45) is 0 Å². The summed E-state index contributed by atoms with van der Waals surface area (Å²) in [5.74, 6) is -1.36. The van der Waals surface area contributed by atoms with E-state index in [4.69, 9.17) is 5.73 Å². The van der Waals surface area contributed by atoms with Crippen LogP contribution >= 0.6 is 0 Å². The first-order valence-electron chi connectivity index (χ1n) is 7.58. The van der Waals surface area contributed by atoms with Crippen molar-refractivity contribution in [2.75, 3.05) is 11.1 Å².